The molecule has 3 rings (SSSR count). The van der Waals surface area contributed by atoms with Crippen LogP contribution in [0.4, 0.5) is 10.6 Å². The van der Waals surface area contributed by atoms with Gasteiger partial charge in [0, 0.05) is 24.4 Å². The van der Waals surface area contributed by atoms with Gasteiger partial charge in [-0.2, -0.15) is 5.10 Å². The van der Waals surface area contributed by atoms with Gasteiger partial charge in [-0.1, -0.05) is 0 Å². The first-order chi connectivity index (χ1) is 9.70. The van der Waals surface area contributed by atoms with E-state index in [0.29, 0.717) is 11.6 Å². The van der Waals surface area contributed by atoms with Crippen molar-refractivity contribution in [3.05, 3.63) is 35.5 Å². The fourth-order valence-electron chi connectivity index (χ4n) is 2.40. The van der Waals surface area contributed by atoms with Crippen molar-refractivity contribution < 1.29 is 4.79 Å². The number of hydrogen-bond donors (Lipinski definition) is 3. The molecule has 104 valence electrons. The van der Waals surface area contributed by atoms with Crippen LogP contribution in [0.2, 0.25) is 0 Å². The second kappa shape index (κ2) is 5.28. The van der Waals surface area contributed by atoms with Crippen LogP contribution >= 0.6 is 0 Å². The normalized spacial score (nSPS) is 17.4. The first-order valence-corrected chi connectivity index (χ1v) is 6.59. The third-order valence-electron chi connectivity index (χ3n) is 3.37. The third-order valence-corrected chi connectivity index (χ3v) is 3.37. The number of nitrogens with zero attached hydrogens (tertiary/aromatic N) is 3. The van der Waals surface area contributed by atoms with Gasteiger partial charge in [-0.25, -0.2) is 14.8 Å². The summed E-state index contributed by atoms with van der Waals surface area (Å²) in [5, 5.41) is 12.7. The number of anilines is 1. The highest BCUT2D eigenvalue weighted by molar-refractivity contribution is 5.88. The Hall–Kier alpha value is -2.44. The number of nitrogens with one attached hydrogen (secondary N) is 3. The number of H-pyrrole nitrogens is 1. The number of urea groups is 1. The average molecular weight is 272 g/mol. The fourth-order valence-corrected chi connectivity index (χ4v) is 2.40. The van der Waals surface area contributed by atoms with Crippen LogP contribution in [0.15, 0.2) is 18.5 Å². The minimum Gasteiger partial charge on any atom is -0.335 e. The molecule has 0 spiro atoms. The van der Waals surface area contributed by atoms with Crippen molar-refractivity contribution in [1.82, 2.24) is 25.5 Å². The summed E-state index contributed by atoms with van der Waals surface area (Å²) in [5.41, 5.74) is 2.36. The number of carbonyl (C=O) groups is 1. The molecule has 1 atom stereocenters. The Labute approximate surface area is 116 Å². The molecule has 2 heterocycles. The topological polar surface area (TPSA) is 95.6 Å². The van der Waals surface area contributed by atoms with Crippen LogP contribution in [-0.2, 0) is 12.8 Å². The number of aromatic nitrogens is 4. The van der Waals surface area contributed by atoms with Gasteiger partial charge in [-0.3, -0.25) is 10.4 Å². The van der Waals surface area contributed by atoms with E-state index in [9.17, 15) is 4.79 Å². The molecule has 7 nitrogen and oxygen atoms in total. The molecule has 1 unspecified atom stereocenters. The second-order valence-corrected chi connectivity index (χ2v) is 4.90. The number of fused-ring (bicyclic) bond motifs is 1. The minimum atomic E-state index is -0.240. The van der Waals surface area contributed by atoms with Gasteiger partial charge in [0.25, 0.3) is 0 Å². The summed E-state index contributed by atoms with van der Waals surface area (Å²) < 4.78 is 0. The molecule has 1 aliphatic carbocycles. The van der Waals surface area contributed by atoms with Gasteiger partial charge < -0.3 is 5.32 Å². The van der Waals surface area contributed by atoms with Crippen LogP contribution in [0, 0.1) is 6.92 Å². The second-order valence-electron chi connectivity index (χ2n) is 4.90. The van der Waals surface area contributed by atoms with Crippen LogP contribution in [0.1, 0.15) is 23.5 Å². The molecule has 1 aliphatic rings. The smallest absolute Gasteiger partial charge is 0.320 e. The van der Waals surface area contributed by atoms with Crippen LogP contribution in [0.3, 0.4) is 0 Å². The van der Waals surface area contributed by atoms with Crippen LogP contribution in [-0.4, -0.2) is 32.2 Å². The molecule has 3 N–H and O–H groups in total. The van der Waals surface area contributed by atoms with E-state index in [2.05, 4.69) is 30.8 Å². The van der Waals surface area contributed by atoms with Crippen molar-refractivity contribution in [1.29, 1.82) is 0 Å². The largest absolute Gasteiger partial charge is 0.335 e. The molecule has 0 radical (unpaired) electrons. The average Bonchev–Trinajstić information content (AvgIpc) is 2.86. The SMILES string of the molecule is Cc1nccc(NC(=O)NC2CCc3cn[nH]c3C2)n1. The van der Waals surface area contributed by atoms with E-state index in [1.54, 1.807) is 19.2 Å². The van der Waals surface area contributed by atoms with Crippen molar-refractivity contribution in [2.75, 3.05) is 5.32 Å². The Balaban J connectivity index is 1.57. The van der Waals surface area contributed by atoms with E-state index in [1.165, 1.54) is 5.56 Å². The molecule has 2 amide bonds. The molecule has 2 aromatic heterocycles. The molecule has 2 aromatic rings. The molecule has 0 aromatic carbocycles. The van der Waals surface area contributed by atoms with E-state index in [0.717, 1.165) is 25.0 Å². The fraction of sp³-hybridized carbons (Fsp3) is 0.385. The molecule has 0 fully saturated rings. The lowest BCUT2D eigenvalue weighted by atomic mass is 9.94. The van der Waals surface area contributed by atoms with Gasteiger partial charge in [0.1, 0.15) is 11.6 Å². The van der Waals surface area contributed by atoms with Crippen molar-refractivity contribution in [3.63, 3.8) is 0 Å². The molecular formula is C13H16N6O. The zero-order valence-corrected chi connectivity index (χ0v) is 11.2. The van der Waals surface area contributed by atoms with Crippen LogP contribution in [0.25, 0.3) is 0 Å². The van der Waals surface area contributed by atoms with Crippen LogP contribution in [0.5, 0.6) is 0 Å². The summed E-state index contributed by atoms with van der Waals surface area (Å²) in [5.74, 6) is 1.13. The monoisotopic (exact) mass is 272 g/mol. The number of aromatic amines is 1. The molecule has 0 bridgehead atoms. The molecule has 0 saturated carbocycles. The van der Waals surface area contributed by atoms with Crippen molar-refractivity contribution in [2.45, 2.75) is 32.2 Å². The quantitative estimate of drug-likeness (QED) is 0.765. The van der Waals surface area contributed by atoms with E-state index in [1.807, 2.05) is 6.20 Å². The zero-order valence-electron chi connectivity index (χ0n) is 11.2. The van der Waals surface area contributed by atoms with E-state index >= 15 is 0 Å². The summed E-state index contributed by atoms with van der Waals surface area (Å²) in [6.07, 6.45) is 6.11. The van der Waals surface area contributed by atoms with E-state index < -0.39 is 0 Å². The van der Waals surface area contributed by atoms with E-state index in [-0.39, 0.29) is 12.1 Å². The lowest BCUT2D eigenvalue weighted by Gasteiger charge is -2.22. The van der Waals surface area contributed by atoms with Gasteiger partial charge in [0.15, 0.2) is 0 Å². The summed E-state index contributed by atoms with van der Waals surface area (Å²) >= 11 is 0. The van der Waals surface area contributed by atoms with Gasteiger partial charge >= 0.3 is 6.03 Å². The maximum Gasteiger partial charge on any atom is 0.320 e. The Kier molecular flexibility index (Phi) is 3.32. The Morgan fingerprint density at radius 3 is 3.25 bits per heavy atom. The van der Waals surface area contributed by atoms with Gasteiger partial charge in [-0.15, -0.1) is 0 Å². The van der Waals surface area contributed by atoms with Crippen LogP contribution < -0.4 is 10.6 Å². The number of hydrogen-bond acceptors (Lipinski definition) is 4. The molecule has 0 aliphatic heterocycles. The van der Waals surface area contributed by atoms with Crippen molar-refractivity contribution in [2.24, 2.45) is 0 Å². The molecule has 0 saturated heterocycles. The highest BCUT2D eigenvalue weighted by Gasteiger charge is 2.21. The lowest BCUT2D eigenvalue weighted by molar-refractivity contribution is 0.247. The predicted molar refractivity (Wildman–Crippen MR) is 73.3 cm³/mol. The maximum absolute atomic E-state index is 11.9. The van der Waals surface area contributed by atoms with E-state index in [4.69, 9.17) is 0 Å². The predicted octanol–water partition coefficient (Wildman–Crippen LogP) is 1.19. The lowest BCUT2D eigenvalue weighted by Crippen LogP contribution is -2.41. The number of aryl methyl sites for hydroxylation is 2. The summed E-state index contributed by atoms with van der Waals surface area (Å²) in [7, 11) is 0. The molecular weight excluding hydrogens is 256 g/mol. The maximum atomic E-state index is 11.9. The standard InChI is InChI=1S/C13H16N6O/c1-8-14-5-4-12(16-8)18-13(20)17-10-3-2-9-7-15-19-11(9)6-10/h4-5,7,10H,2-3,6H2,1H3,(H,15,19)(H2,14,16,17,18,20). The first kappa shape index (κ1) is 12.6. The number of rotatable bonds is 2. The summed E-state index contributed by atoms with van der Waals surface area (Å²) in [4.78, 5) is 20.1. The summed E-state index contributed by atoms with van der Waals surface area (Å²) in [6.45, 7) is 1.78. The Bertz CT molecular complexity index is 623. The summed E-state index contributed by atoms with van der Waals surface area (Å²) in [6, 6.07) is 1.54. The number of carbonyl (C=O) groups excluding carboxylic acids is 1. The van der Waals surface area contributed by atoms with Crippen molar-refractivity contribution in [3.8, 4) is 0 Å². The van der Waals surface area contributed by atoms with Crippen molar-refractivity contribution >= 4 is 11.8 Å². The third kappa shape index (κ3) is 2.76. The van der Waals surface area contributed by atoms with Gasteiger partial charge in [-0.05, 0) is 31.4 Å². The zero-order chi connectivity index (χ0) is 13.9. The highest BCUT2D eigenvalue weighted by Crippen LogP contribution is 2.18. The Morgan fingerprint density at radius 2 is 2.40 bits per heavy atom. The molecule has 7 heteroatoms. The molecule has 20 heavy (non-hydrogen) atoms. The number of amides is 2. The first-order valence-electron chi connectivity index (χ1n) is 6.59. The van der Waals surface area contributed by atoms with Gasteiger partial charge in [0.05, 0.1) is 6.20 Å². The minimum absolute atomic E-state index is 0.117. The highest BCUT2D eigenvalue weighted by atomic mass is 16.2. The van der Waals surface area contributed by atoms with Gasteiger partial charge in [0.2, 0.25) is 0 Å². The Morgan fingerprint density at radius 1 is 1.50 bits per heavy atom.